The average Bonchev–Trinajstić information content (AvgIpc) is 2.30. The molecule has 2 N–H and O–H groups in total. The van der Waals surface area contributed by atoms with Crippen molar-refractivity contribution in [3.05, 3.63) is 39.9 Å². The van der Waals surface area contributed by atoms with Crippen LogP contribution in [-0.2, 0) is 9.59 Å². The minimum atomic E-state index is -1.10. The Hall–Kier alpha value is -1.81. The molecular formula is C13H14ClNO3. The molecule has 0 aliphatic carbocycles. The first-order chi connectivity index (χ1) is 8.32. The fraction of sp³-hybridized carbons (Fsp3) is 0.231. The number of carbonyl (C=O) groups excluding carboxylic acids is 1. The second kappa shape index (κ2) is 5.69. The van der Waals surface area contributed by atoms with Gasteiger partial charge >= 0.3 is 5.97 Å². The molecule has 0 aliphatic heterocycles. The molecule has 0 radical (unpaired) electrons. The Bertz CT molecular complexity index is 535. The van der Waals surface area contributed by atoms with Crippen LogP contribution in [0.15, 0.2) is 29.3 Å². The highest BCUT2D eigenvalue weighted by Gasteiger charge is 2.13. The smallest absolute Gasteiger partial charge is 0.331 e. The van der Waals surface area contributed by atoms with Crippen LogP contribution in [0.5, 0.6) is 0 Å². The molecule has 0 saturated carbocycles. The third kappa shape index (κ3) is 3.34. The number of carboxylic acids is 1. The molecule has 1 aromatic carbocycles. The van der Waals surface area contributed by atoms with Crippen molar-refractivity contribution in [1.29, 1.82) is 0 Å². The predicted molar refractivity (Wildman–Crippen MR) is 70.8 cm³/mol. The summed E-state index contributed by atoms with van der Waals surface area (Å²) in [6, 6.07) is 5.06. The van der Waals surface area contributed by atoms with Crippen LogP contribution >= 0.6 is 11.6 Å². The lowest BCUT2D eigenvalue weighted by molar-refractivity contribution is -0.133. The predicted octanol–water partition coefficient (Wildman–Crippen LogP) is 3.01. The topological polar surface area (TPSA) is 66.4 Å². The van der Waals surface area contributed by atoms with Gasteiger partial charge in [-0.05, 0) is 44.5 Å². The summed E-state index contributed by atoms with van der Waals surface area (Å²) in [4.78, 5) is 22.6. The number of aliphatic carboxylic acids is 1. The van der Waals surface area contributed by atoms with Crippen molar-refractivity contribution in [2.45, 2.75) is 20.8 Å². The van der Waals surface area contributed by atoms with E-state index in [0.29, 0.717) is 10.7 Å². The fourth-order valence-electron chi connectivity index (χ4n) is 1.31. The van der Waals surface area contributed by atoms with Crippen molar-refractivity contribution in [2.24, 2.45) is 0 Å². The molecular weight excluding hydrogens is 254 g/mol. The maximum atomic E-state index is 11.8. The Labute approximate surface area is 110 Å². The minimum Gasteiger partial charge on any atom is -0.478 e. The van der Waals surface area contributed by atoms with E-state index in [4.69, 9.17) is 16.7 Å². The van der Waals surface area contributed by atoms with Crippen LogP contribution in [-0.4, -0.2) is 17.0 Å². The molecule has 0 saturated heterocycles. The van der Waals surface area contributed by atoms with Gasteiger partial charge in [0.1, 0.15) is 0 Å². The maximum absolute atomic E-state index is 11.8. The normalized spacial score (nSPS) is 11.8. The lowest BCUT2D eigenvalue weighted by atomic mass is 10.1. The van der Waals surface area contributed by atoms with Gasteiger partial charge in [0.25, 0.3) is 5.91 Å². The average molecular weight is 268 g/mol. The van der Waals surface area contributed by atoms with Crippen LogP contribution in [0.1, 0.15) is 19.4 Å². The molecule has 0 unspecified atom stereocenters. The summed E-state index contributed by atoms with van der Waals surface area (Å²) in [7, 11) is 0. The number of carbonyl (C=O) groups is 2. The first-order valence-electron chi connectivity index (χ1n) is 5.31. The number of amides is 1. The highest BCUT2D eigenvalue weighted by molar-refractivity contribution is 6.30. The van der Waals surface area contributed by atoms with E-state index in [9.17, 15) is 9.59 Å². The summed E-state index contributed by atoms with van der Waals surface area (Å²) in [5.41, 5.74) is 1.63. The molecule has 0 aliphatic rings. The van der Waals surface area contributed by atoms with Crippen LogP contribution in [0.4, 0.5) is 5.69 Å². The zero-order valence-electron chi connectivity index (χ0n) is 10.4. The number of hydrogen-bond donors (Lipinski definition) is 2. The van der Waals surface area contributed by atoms with E-state index >= 15 is 0 Å². The molecule has 0 atom stereocenters. The minimum absolute atomic E-state index is 0.0270. The molecule has 1 amide bonds. The fourth-order valence-corrected chi connectivity index (χ4v) is 1.54. The molecule has 96 valence electrons. The van der Waals surface area contributed by atoms with Crippen molar-refractivity contribution in [3.63, 3.8) is 0 Å². The monoisotopic (exact) mass is 267 g/mol. The summed E-state index contributed by atoms with van der Waals surface area (Å²) < 4.78 is 0. The lowest BCUT2D eigenvalue weighted by Crippen LogP contribution is -2.16. The highest BCUT2D eigenvalue weighted by Crippen LogP contribution is 2.20. The van der Waals surface area contributed by atoms with E-state index in [0.717, 1.165) is 5.56 Å². The molecule has 5 heteroatoms. The van der Waals surface area contributed by atoms with E-state index in [-0.39, 0.29) is 11.1 Å². The molecule has 4 nitrogen and oxygen atoms in total. The van der Waals surface area contributed by atoms with Gasteiger partial charge < -0.3 is 10.4 Å². The van der Waals surface area contributed by atoms with Gasteiger partial charge in [0, 0.05) is 21.9 Å². The van der Waals surface area contributed by atoms with E-state index in [1.54, 1.807) is 18.2 Å². The summed E-state index contributed by atoms with van der Waals surface area (Å²) in [5.74, 6) is -1.53. The van der Waals surface area contributed by atoms with E-state index in [2.05, 4.69) is 5.32 Å². The highest BCUT2D eigenvalue weighted by atomic mass is 35.5. The zero-order chi connectivity index (χ0) is 13.9. The van der Waals surface area contributed by atoms with Gasteiger partial charge in [-0.25, -0.2) is 4.79 Å². The SMILES string of the molecule is CC(C(=O)O)=C(C)C(=O)Nc1ccc(Cl)cc1C. The Morgan fingerprint density at radius 2 is 1.83 bits per heavy atom. The van der Waals surface area contributed by atoms with Gasteiger partial charge in [-0.2, -0.15) is 0 Å². The van der Waals surface area contributed by atoms with Crippen molar-refractivity contribution in [2.75, 3.05) is 5.32 Å². The van der Waals surface area contributed by atoms with Crippen LogP contribution in [0.25, 0.3) is 0 Å². The third-order valence-corrected chi connectivity index (χ3v) is 2.90. The molecule has 1 rings (SSSR count). The van der Waals surface area contributed by atoms with Crippen LogP contribution in [0, 0.1) is 6.92 Å². The number of nitrogens with one attached hydrogen (secondary N) is 1. The summed E-state index contributed by atoms with van der Waals surface area (Å²) in [5, 5.41) is 12.0. The molecule has 0 bridgehead atoms. The van der Waals surface area contributed by atoms with Gasteiger partial charge in [-0.1, -0.05) is 11.6 Å². The molecule has 1 aromatic rings. The Balaban J connectivity index is 2.95. The van der Waals surface area contributed by atoms with Crippen molar-refractivity contribution in [3.8, 4) is 0 Å². The van der Waals surface area contributed by atoms with E-state index in [1.807, 2.05) is 6.92 Å². The number of hydrogen-bond acceptors (Lipinski definition) is 2. The quantitative estimate of drug-likeness (QED) is 0.828. The van der Waals surface area contributed by atoms with Crippen molar-refractivity contribution >= 4 is 29.2 Å². The number of rotatable bonds is 3. The zero-order valence-corrected chi connectivity index (χ0v) is 11.1. The van der Waals surface area contributed by atoms with Gasteiger partial charge in [0.2, 0.25) is 0 Å². The lowest BCUT2D eigenvalue weighted by Gasteiger charge is -2.09. The van der Waals surface area contributed by atoms with E-state index < -0.39 is 11.9 Å². The molecule has 0 aromatic heterocycles. The van der Waals surface area contributed by atoms with Gasteiger partial charge in [-0.3, -0.25) is 4.79 Å². The molecule has 18 heavy (non-hydrogen) atoms. The Morgan fingerprint density at radius 3 is 2.33 bits per heavy atom. The molecule has 0 heterocycles. The van der Waals surface area contributed by atoms with Crippen LogP contribution in [0.3, 0.4) is 0 Å². The molecule has 0 spiro atoms. The Morgan fingerprint density at radius 1 is 1.22 bits per heavy atom. The summed E-state index contributed by atoms with van der Waals surface area (Å²) >= 11 is 5.81. The number of halogens is 1. The second-order valence-electron chi connectivity index (χ2n) is 3.97. The summed E-state index contributed by atoms with van der Waals surface area (Å²) in [6.45, 7) is 4.68. The first kappa shape index (κ1) is 14.3. The number of carboxylic acid groups (broad SMARTS) is 1. The standard InChI is InChI=1S/C13H14ClNO3/c1-7-6-10(14)4-5-11(7)15-12(16)8(2)9(3)13(17)18/h4-6H,1-3H3,(H,15,16)(H,17,18). The van der Waals surface area contributed by atoms with Crippen molar-refractivity contribution in [1.82, 2.24) is 0 Å². The second-order valence-corrected chi connectivity index (χ2v) is 4.40. The third-order valence-electron chi connectivity index (χ3n) is 2.66. The number of aryl methyl sites for hydroxylation is 1. The van der Waals surface area contributed by atoms with Crippen LogP contribution in [0.2, 0.25) is 5.02 Å². The molecule has 0 fully saturated rings. The van der Waals surface area contributed by atoms with E-state index in [1.165, 1.54) is 13.8 Å². The maximum Gasteiger partial charge on any atom is 0.331 e. The summed E-state index contributed by atoms with van der Waals surface area (Å²) in [6.07, 6.45) is 0. The van der Waals surface area contributed by atoms with Gasteiger partial charge in [0.05, 0.1) is 0 Å². The Kier molecular flexibility index (Phi) is 4.50. The van der Waals surface area contributed by atoms with Gasteiger partial charge in [-0.15, -0.1) is 0 Å². The van der Waals surface area contributed by atoms with Crippen molar-refractivity contribution < 1.29 is 14.7 Å². The van der Waals surface area contributed by atoms with Gasteiger partial charge in [0.15, 0.2) is 0 Å². The number of benzene rings is 1. The number of anilines is 1. The largest absolute Gasteiger partial charge is 0.478 e. The first-order valence-corrected chi connectivity index (χ1v) is 5.69. The van der Waals surface area contributed by atoms with Crippen LogP contribution < -0.4 is 5.32 Å².